The molecule has 1 atom stereocenters. The summed E-state index contributed by atoms with van der Waals surface area (Å²) < 4.78 is 4.51. The van der Waals surface area contributed by atoms with Gasteiger partial charge in [0.2, 0.25) is 0 Å². The Morgan fingerprint density at radius 2 is 1.94 bits per heavy atom. The van der Waals surface area contributed by atoms with Crippen LogP contribution in [0.3, 0.4) is 0 Å². The molecule has 2 heteroatoms. The van der Waals surface area contributed by atoms with Gasteiger partial charge in [-0.1, -0.05) is 51.8 Å². The zero-order valence-electron chi connectivity index (χ0n) is 11.9. The molecule has 0 aromatic carbocycles. The van der Waals surface area contributed by atoms with E-state index in [0.717, 1.165) is 18.4 Å². The molecule has 0 saturated heterocycles. The van der Waals surface area contributed by atoms with E-state index in [-0.39, 0.29) is 4.75 Å². The van der Waals surface area contributed by atoms with Gasteiger partial charge in [-0.05, 0) is 44.2 Å². The molecule has 17 heavy (non-hydrogen) atoms. The Balaban J connectivity index is 4.35. The van der Waals surface area contributed by atoms with E-state index < -0.39 is 0 Å². The van der Waals surface area contributed by atoms with Crippen LogP contribution in [0.5, 0.6) is 0 Å². The fourth-order valence-electron chi connectivity index (χ4n) is 1.36. The average Bonchev–Trinajstić information content (AvgIpc) is 2.29. The van der Waals surface area contributed by atoms with Gasteiger partial charge in [-0.3, -0.25) is 0 Å². The van der Waals surface area contributed by atoms with Crippen LogP contribution in [0.15, 0.2) is 28.7 Å². The Labute approximate surface area is 112 Å². The van der Waals surface area contributed by atoms with Crippen molar-refractivity contribution in [2.75, 3.05) is 0 Å². The second-order valence-electron chi connectivity index (χ2n) is 4.81. The highest BCUT2D eigenvalue weighted by Crippen LogP contribution is 2.37. The summed E-state index contributed by atoms with van der Waals surface area (Å²) in [6, 6.07) is 0. The summed E-state index contributed by atoms with van der Waals surface area (Å²) in [5.74, 6) is 0. The van der Waals surface area contributed by atoms with Gasteiger partial charge in [0.05, 0.1) is 4.75 Å². The first kappa shape index (κ1) is 16.5. The maximum atomic E-state index is 4.45. The van der Waals surface area contributed by atoms with E-state index in [1.165, 1.54) is 24.8 Å². The van der Waals surface area contributed by atoms with E-state index in [1.807, 2.05) is 6.21 Å². The first-order valence-electron chi connectivity index (χ1n) is 6.51. The Morgan fingerprint density at radius 3 is 2.41 bits per heavy atom. The van der Waals surface area contributed by atoms with Crippen LogP contribution in [-0.4, -0.2) is 11.0 Å². The first-order chi connectivity index (χ1) is 7.96. The lowest BCUT2D eigenvalue weighted by atomic mass is 9.96. The van der Waals surface area contributed by atoms with Gasteiger partial charge in [0.15, 0.2) is 0 Å². The van der Waals surface area contributed by atoms with Crippen molar-refractivity contribution in [1.82, 2.24) is 0 Å². The van der Waals surface area contributed by atoms with Crippen molar-refractivity contribution in [3.63, 3.8) is 0 Å². The third kappa shape index (κ3) is 6.72. The molecule has 0 saturated carbocycles. The fourth-order valence-corrected chi connectivity index (χ4v) is 2.18. The normalized spacial score (nSPS) is 14.8. The summed E-state index contributed by atoms with van der Waals surface area (Å²) in [6.07, 6.45) is 7.78. The number of allylic oxidation sites excluding steroid dienone is 1. The van der Waals surface area contributed by atoms with Crippen LogP contribution in [0.4, 0.5) is 0 Å². The second kappa shape index (κ2) is 8.57. The third-order valence-corrected chi connectivity index (χ3v) is 4.27. The molecular formula is C15H27NS. The van der Waals surface area contributed by atoms with Crippen LogP contribution in [0, 0.1) is 0 Å². The standard InChI is InChI=1S/C15H27NS/c1-7-9-10-11-15(6,13(3)4)17-16-12-14(5)8-2/h12H,3,5,7-11H2,1-2,4,6H3/b16-12-. The summed E-state index contributed by atoms with van der Waals surface area (Å²) in [4.78, 5) is 0. The Hall–Kier alpha value is -0.500. The summed E-state index contributed by atoms with van der Waals surface area (Å²) in [5.41, 5.74) is 2.29. The van der Waals surface area contributed by atoms with Crippen LogP contribution in [0.1, 0.15) is 59.8 Å². The van der Waals surface area contributed by atoms with Gasteiger partial charge >= 0.3 is 0 Å². The van der Waals surface area contributed by atoms with Gasteiger partial charge in [0.1, 0.15) is 0 Å². The van der Waals surface area contributed by atoms with Crippen molar-refractivity contribution in [3.8, 4) is 0 Å². The summed E-state index contributed by atoms with van der Waals surface area (Å²) in [6.45, 7) is 16.7. The van der Waals surface area contributed by atoms with Gasteiger partial charge < -0.3 is 0 Å². The number of hydrogen-bond donors (Lipinski definition) is 0. The minimum atomic E-state index is 0.0691. The molecule has 98 valence electrons. The first-order valence-corrected chi connectivity index (χ1v) is 7.29. The zero-order chi connectivity index (χ0) is 13.3. The molecule has 0 heterocycles. The lowest BCUT2D eigenvalue weighted by Crippen LogP contribution is -2.20. The largest absolute Gasteiger partial charge is 0.223 e. The zero-order valence-corrected chi connectivity index (χ0v) is 12.7. The highest BCUT2D eigenvalue weighted by Gasteiger charge is 2.25. The quantitative estimate of drug-likeness (QED) is 0.226. The molecule has 0 amide bonds. The Bertz CT molecular complexity index is 281. The van der Waals surface area contributed by atoms with Gasteiger partial charge in [-0.25, -0.2) is 4.40 Å². The number of unbranched alkanes of at least 4 members (excludes halogenated alkanes) is 2. The van der Waals surface area contributed by atoms with Crippen molar-refractivity contribution >= 4 is 18.2 Å². The second-order valence-corrected chi connectivity index (χ2v) is 6.10. The molecule has 1 unspecified atom stereocenters. The van der Waals surface area contributed by atoms with Gasteiger partial charge in [0, 0.05) is 6.21 Å². The van der Waals surface area contributed by atoms with Crippen molar-refractivity contribution in [2.45, 2.75) is 64.5 Å². The van der Waals surface area contributed by atoms with Gasteiger partial charge in [-0.2, -0.15) is 0 Å². The van der Waals surface area contributed by atoms with E-state index in [0.29, 0.717) is 0 Å². The molecule has 0 aliphatic heterocycles. The fraction of sp³-hybridized carbons (Fsp3) is 0.667. The topological polar surface area (TPSA) is 12.4 Å². The molecule has 0 aromatic rings. The summed E-state index contributed by atoms with van der Waals surface area (Å²) >= 11 is 1.64. The van der Waals surface area contributed by atoms with Crippen LogP contribution in [0.25, 0.3) is 0 Å². The molecule has 0 N–H and O–H groups in total. The summed E-state index contributed by atoms with van der Waals surface area (Å²) in [5, 5.41) is 0. The molecule has 0 aromatic heterocycles. The molecule has 0 rings (SSSR count). The number of rotatable bonds is 9. The molecule has 0 aliphatic carbocycles. The molecule has 0 radical (unpaired) electrons. The highest BCUT2D eigenvalue weighted by molar-refractivity contribution is 7.99. The minimum absolute atomic E-state index is 0.0691. The van der Waals surface area contributed by atoms with Crippen LogP contribution in [0.2, 0.25) is 0 Å². The van der Waals surface area contributed by atoms with E-state index in [9.17, 15) is 0 Å². The maximum Gasteiger partial charge on any atom is 0.0553 e. The number of hydrogen-bond acceptors (Lipinski definition) is 2. The Kier molecular flexibility index (Phi) is 8.32. The monoisotopic (exact) mass is 253 g/mol. The molecule has 0 aliphatic rings. The Morgan fingerprint density at radius 1 is 1.29 bits per heavy atom. The van der Waals surface area contributed by atoms with E-state index in [2.05, 4.69) is 45.3 Å². The lowest BCUT2D eigenvalue weighted by molar-refractivity contribution is 0.590. The van der Waals surface area contributed by atoms with Gasteiger partial charge in [-0.15, -0.1) is 0 Å². The van der Waals surface area contributed by atoms with Crippen LogP contribution < -0.4 is 0 Å². The molecule has 0 spiro atoms. The maximum absolute atomic E-state index is 4.45. The SMILES string of the molecule is C=C(/C=N\SC(C)(CCCCC)C(=C)C)CC. The van der Waals surface area contributed by atoms with E-state index in [1.54, 1.807) is 11.9 Å². The molecule has 0 fully saturated rings. The lowest BCUT2D eigenvalue weighted by Gasteiger charge is -2.27. The smallest absolute Gasteiger partial charge is 0.0553 e. The molecule has 0 bridgehead atoms. The summed E-state index contributed by atoms with van der Waals surface area (Å²) in [7, 11) is 0. The van der Waals surface area contributed by atoms with Gasteiger partial charge in [0.25, 0.3) is 0 Å². The van der Waals surface area contributed by atoms with E-state index >= 15 is 0 Å². The van der Waals surface area contributed by atoms with E-state index in [4.69, 9.17) is 0 Å². The number of nitrogens with zero attached hydrogens (tertiary/aromatic N) is 1. The predicted molar refractivity (Wildman–Crippen MR) is 82.9 cm³/mol. The predicted octanol–water partition coefficient (Wildman–Crippen LogP) is 5.59. The van der Waals surface area contributed by atoms with Crippen molar-refractivity contribution in [1.29, 1.82) is 0 Å². The van der Waals surface area contributed by atoms with Crippen LogP contribution in [-0.2, 0) is 0 Å². The van der Waals surface area contributed by atoms with Crippen molar-refractivity contribution in [2.24, 2.45) is 4.40 Å². The molecular weight excluding hydrogens is 226 g/mol. The highest BCUT2D eigenvalue weighted by atomic mass is 32.2. The van der Waals surface area contributed by atoms with Crippen LogP contribution >= 0.6 is 11.9 Å². The minimum Gasteiger partial charge on any atom is -0.223 e. The average molecular weight is 253 g/mol. The molecule has 1 nitrogen and oxygen atoms in total. The van der Waals surface area contributed by atoms with Crippen molar-refractivity contribution < 1.29 is 0 Å². The third-order valence-electron chi connectivity index (χ3n) is 3.10. The van der Waals surface area contributed by atoms with Crippen molar-refractivity contribution in [3.05, 3.63) is 24.3 Å².